The van der Waals surface area contributed by atoms with E-state index in [1.807, 2.05) is 17.8 Å². The quantitative estimate of drug-likeness (QED) is 0.730. The van der Waals surface area contributed by atoms with Gasteiger partial charge >= 0.3 is 0 Å². The van der Waals surface area contributed by atoms with Gasteiger partial charge in [0.1, 0.15) is 5.75 Å². The van der Waals surface area contributed by atoms with Crippen LogP contribution in [0.2, 0.25) is 0 Å². The highest BCUT2D eigenvalue weighted by molar-refractivity contribution is 9.10. The first-order chi connectivity index (χ1) is 12.4. The lowest BCUT2D eigenvalue weighted by Crippen LogP contribution is -2.46. The summed E-state index contributed by atoms with van der Waals surface area (Å²) in [7, 11) is -1.91. The highest BCUT2D eigenvalue weighted by atomic mass is 79.9. The van der Waals surface area contributed by atoms with Crippen LogP contribution in [0.4, 0.5) is 0 Å². The Morgan fingerprint density at radius 1 is 1.19 bits per heavy atom. The number of ether oxygens (including phenoxy) is 1. The minimum atomic E-state index is -3.51. The van der Waals surface area contributed by atoms with Crippen LogP contribution in [0, 0.1) is 6.92 Å². The monoisotopic (exact) mass is 439 g/mol. The van der Waals surface area contributed by atoms with Crippen molar-refractivity contribution in [2.24, 2.45) is 0 Å². The number of fused-ring (bicyclic) bond motifs is 2. The molecule has 2 saturated heterocycles. The van der Waals surface area contributed by atoms with E-state index in [4.69, 9.17) is 4.74 Å². The Labute approximate surface area is 162 Å². The van der Waals surface area contributed by atoms with Gasteiger partial charge in [-0.2, -0.15) is 9.40 Å². The summed E-state index contributed by atoms with van der Waals surface area (Å²) in [6.07, 6.45) is 7.19. The Bertz CT molecular complexity index is 914. The van der Waals surface area contributed by atoms with Crippen LogP contribution in [0.1, 0.15) is 37.3 Å². The van der Waals surface area contributed by atoms with Gasteiger partial charge in [-0.1, -0.05) is 0 Å². The Balaban J connectivity index is 1.61. The minimum absolute atomic E-state index is 0.0362. The number of hydrogen-bond acceptors (Lipinski definition) is 4. The maximum Gasteiger partial charge on any atom is 0.243 e. The molecule has 0 radical (unpaired) electrons. The van der Waals surface area contributed by atoms with Crippen LogP contribution >= 0.6 is 15.9 Å². The largest absolute Gasteiger partial charge is 0.496 e. The van der Waals surface area contributed by atoms with Crippen molar-refractivity contribution in [3.8, 4) is 5.75 Å². The van der Waals surface area contributed by atoms with Crippen LogP contribution in [0.25, 0.3) is 0 Å². The summed E-state index contributed by atoms with van der Waals surface area (Å²) >= 11 is 3.44. The summed E-state index contributed by atoms with van der Waals surface area (Å²) in [5.74, 6) is 0.704. The molecule has 2 atom stereocenters. The van der Waals surface area contributed by atoms with Gasteiger partial charge in [-0.05, 0) is 72.3 Å². The van der Waals surface area contributed by atoms with Crippen molar-refractivity contribution >= 4 is 26.0 Å². The Kier molecular flexibility index (Phi) is 4.61. The highest BCUT2D eigenvalue weighted by Gasteiger charge is 2.47. The first-order valence-corrected chi connectivity index (χ1v) is 11.0. The molecule has 4 rings (SSSR count). The number of halogens is 1. The smallest absolute Gasteiger partial charge is 0.243 e. The average Bonchev–Trinajstić information content (AvgIpc) is 3.16. The summed E-state index contributed by atoms with van der Waals surface area (Å²) in [6.45, 7) is 1.87. The topological polar surface area (TPSA) is 64.4 Å². The molecule has 2 unspecified atom stereocenters. The maximum atomic E-state index is 13.3. The third-order valence-electron chi connectivity index (χ3n) is 5.53. The predicted molar refractivity (Wildman–Crippen MR) is 102 cm³/mol. The number of aryl methyl sites for hydroxylation is 1. The number of rotatable bonds is 4. The fraction of sp³-hybridized carbons (Fsp3) is 0.500. The lowest BCUT2D eigenvalue weighted by Gasteiger charge is -2.38. The fourth-order valence-corrected chi connectivity index (χ4v) is 6.64. The lowest BCUT2D eigenvalue weighted by atomic mass is 10.00. The Morgan fingerprint density at radius 2 is 1.88 bits per heavy atom. The van der Waals surface area contributed by atoms with E-state index in [2.05, 4.69) is 21.0 Å². The zero-order valence-electron chi connectivity index (χ0n) is 14.8. The molecule has 6 nitrogen and oxygen atoms in total. The van der Waals surface area contributed by atoms with Crippen LogP contribution in [-0.4, -0.2) is 41.7 Å². The van der Waals surface area contributed by atoms with Crippen molar-refractivity contribution in [3.63, 3.8) is 0 Å². The molecule has 0 saturated carbocycles. The van der Waals surface area contributed by atoms with Crippen LogP contribution in [0.5, 0.6) is 5.75 Å². The molecule has 1 aromatic carbocycles. The molecule has 140 valence electrons. The van der Waals surface area contributed by atoms with Gasteiger partial charge in [0.25, 0.3) is 0 Å². The van der Waals surface area contributed by atoms with Crippen LogP contribution in [0.3, 0.4) is 0 Å². The second-order valence-electron chi connectivity index (χ2n) is 7.12. The minimum Gasteiger partial charge on any atom is -0.496 e. The first kappa shape index (κ1) is 18.0. The van der Waals surface area contributed by atoms with E-state index in [0.717, 1.165) is 35.7 Å². The zero-order chi connectivity index (χ0) is 18.5. The lowest BCUT2D eigenvalue weighted by molar-refractivity contribution is 0.184. The molecular weight excluding hydrogens is 418 g/mol. The molecule has 0 amide bonds. The van der Waals surface area contributed by atoms with Crippen LogP contribution < -0.4 is 4.74 Å². The van der Waals surface area contributed by atoms with Gasteiger partial charge in [0.15, 0.2) is 0 Å². The standard InChI is InChI=1S/C18H22BrN3O3S/c1-12-7-17(5-6-18(12)25-2)26(23,24)22-14-3-4-15(22)9-16(8-14)21-11-13(19)10-20-21/h5-7,10-11,14-16H,3-4,8-9H2,1-2H3. The van der Waals surface area contributed by atoms with Gasteiger partial charge < -0.3 is 4.74 Å². The molecule has 26 heavy (non-hydrogen) atoms. The first-order valence-electron chi connectivity index (χ1n) is 8.78. The second kappa shape index (κ2) is 6.65. The average molecular weight is 440 g/mol. The van der Waals surface area contributed by atoms with E-state index in [9.17, 15) is 8.42 Å². The SMILES string of the molecule is COc1ccc(S(=O)(=O)N2C3CCC2CC(n2cc(Br)cn2)C3)cc1C. The van der Waals surface area contributed by atoms with E-state index in [1.54, 1.807) is 35.8 Å². The number of benzene rings is 1. The van der Waals surface area contributed by atoms with Crippen molar-refractivity contribution in [1.82, 2.24) is 14.1 Å². The van der Waals surface area contributed by atoms with E-state index in [1.165, 1.54) is 0 Å². The van der Waals surface area contributed by atoms with E-state index >= 15 is 0 Å². The molecule has 0 spiro atoms. The summed E-state index contributed by atoms with van der Waals surface area (Å²) in [6, 6.07) is 5.42. The highest BCUT2D eigenvalue weighted by Crippen LogP contribution is 2.44. The van der Waals surface area contributed by atoms with Crippen LogP contribution in [-0.2, 0) is 10.0 Å². The normalized spacial score (nSPS) is 26.2. The molecule has 0 N–H and O–H groups in total. The van der Waals surface area contributed by atoms with E-state index in [0.29, 0.717) is 10.6 Å². The number of piperidine rings is 1. The van der Waals surface area contributed by atoms with E-state index in [-0.39, 0.29) is 18.1 Å². The number of methoxy groups -OCH3 is 1. The van der Waals surface area contributed by atoms with Crippen molar-refractivity contribution in [1.29, 1.82) is 0 Å². The molecular formula is C18H22BrN3O3S. The summed E-state index contributed by atoms with van der Waals surface area (Å²) in [4.78, 5) is 0.355. The molecule has 3 heterocycles. The number of aromatic nitrogens is 2. The third kappa shape index (κ3) is 2.97. The van der Waals surface area contributed by atoms with Gasteiger partial charge in [-0.25, -0.2) is 8.42 Å². The number of hydrogen-bond donors (Lipinski definition) is 0. The van der Waals surface area contributed by atoms with Crippen LogP contribution in [0.15, 0.2) is 40.0 Å². The van der Waals surface area contributed by atoms with Gasteiger partial charge in [-0.15, -0.1) is 0 Å². The van der Waals surface area contributed by atoms with Crippen molar-refractivity contribution < 1.29 is 13.2 Å². The summed E-state index contributed by atoms with van der Waals surface area (Å²) in [5, 5.41) is 4.40. The van der Waals surface area contributed by atoms with Crippen molar-refractivity contribution in [3.05, 3.63) is 40.6 Å². The second-order valence-corrected chi connectivity index (χ2v) is 9.87. The molecule has 2 fully saturated rings. The molecule has 8 heteroatoms. The van der Waals surface area contributed by atoms with Gasteiger partial charge in [-0.3, -0.25) is 4.68 Å². The Hall–Kier alpha value is -1.38. The zero-order valence-corrected chi connectivity index (χ0v) is 17.2. The molecule has 2 aliphatic heterocycles. The summed E-state index contributed by atoms with van der Waals surface area (Å²) < 4.78 is 36.5. The molecule has 0 aliphatic carbocycles. The summed E-state index contributed by atoms with van der Waals surface area (Å²) in [5.41, 5.74) is 0.831. The van der Waals surface area contributed by atoms with Gasteiger partial charge in [0, 0.05) is 18.3 Å². The third-order valence-corrected chi connectivity index (χ3v) is 7.94. The number of nitrogens with zero attached hydrogens (tertiary/aromatic N) is 3. The fourth-order valence-electron chi connectivity index (χ4n) is 4.36. The van der Waals surface area contributed by atoms with Crippen molar-refractivity contribution in [2.75, 3.05) is 7.11 Å². The molecule has 2 aromatic rings. The maximum absolute atomic E-state index is 13.3. The van der Waals surface area contributed by atoms with Crippen molar-refractivity contribution in [2.45, 2.75) is 55.6 Å². The molecule has 1 aromatic heterocycles. The van der Waals surface area contributed by atoms with E-state index < -0.39 is 10.0 Å². The van der Waals surface area contributed by atoms with Gasteiger partial charge in [0.2, 0.25) is 10.0 Å². The van der Waals surface area contributed by atoms with Gasteiger partial charge in [0.05, 0.1) is 28.7 Å². The predicted octanol–water partition coefficient (Wildman–Crippen LogP) is 3.52. The molecule has 2 aliphatic rings. The molecule has 2 bridgehead atoms. The number of sulfonamides is 1. The Morgan fingerprint density at radius 3 is 2.42 bits per heavy atom.